The number of fused-ring (bicyclic) bond motifs is 5. The van der Waals surface area contributed by atoms with Crippen molar-refractivity contribution in [3.8, 4) is 0 Å². The molecule has 2 saturated heterocycles. The summed E-state index contributed by atoms with van der Waals surface area (Å²) in [6.45, 7) is 8.92. The molecule has 1 atom stereocenters. The molecule has 4 rings (SSSR count). The third-order valence-corrected chi connectivity index (χ3v) is 5.52. The molecule has 108 valence electrons. The summed E-state index contributed by atoms with van der Waals surface area (Å²) in [4.78, 5) is 2.38. The second-order valence-corrected chi connectivity index (χ2v) is 7.15. The Labute approximate surface area is 120 Å². The molecule has 1 aromatic carbocycles. The van der Waals surface area contributed by atoms with Gasteiger partial charge in [0.15, 0.2) is 0 Å². The van der Waals surface area contributed by atoms with Crippen LogP contribution >= 0.6 is 0 Å². The van der Waals surface area contributed by atoms with E-state index in [1.54, 1.807) is 0 Å². The average Bonchev–Trinajstić information content (AvgIpc) is 2.97. The lowest BCUT2D eigenvalue weighted by molar-refractivity contribution is 0.00578. The monoisotopic (exact) mass is 273 g/mol. The van der Waals surface area contributed by atoms with Crippen molar-refractivity contribution in [2.24, 2.45) is 0 Å². The van der Waals surface area contributed by atoms with Gasteiger partial charge >= 0.3 is 6.69 Å². The molecule has 0 radical (unpaired) electrons. The van der Waals surface area contributed by atoms with Crippen LogP contribution in [0.4, 0.5) is 0 Å². The fraction of sp³-hybridized carbons (Fsp3) is 0.600. The van der Waals surface area contributed by atoms with Gasteiger partial charge in [0.1, 0.15) is 0 Å². The smallest absolute Gasteiger partial charge is 0.350 e. The number of rotatable bonds is 0. The summed E-state index contributed by atoms with van der Waals surface area (Å²) in [5.41, 5.74) is 1.90. The second kappa shape index (κ2) is 3.66. The highest BCUT2D eigenvalue weighted by atomic mass is 16.7. The Bertz CT molecular complexity index is 557. The lowest BCUT2D eigenvalue weighted by Crippen LogP contribution is -2.60. The Kier molecular flexibility index (Phi) is 2.35. The van der Waals surface area contributed by atoms with Crippen LogP contribution in [0.3, 0.4) is 0 Å². The topological polar surface area (TPSA) is 33.7 Å². The summed E-state index contributed by atoms with van der Waals surface area (Å²) in [5, 5.41) is 3.56. The van der Waals surface area contributed by atoms with Crippen molar-refractivity contribution in [3.63, 3.8) is 0 Å². The summed E-state index contributed by atoms with van der Waals surface area (Å²) in [6.07, 6.45) is 0.232. The molecule has 0 saturated carbocycles. The molecular weight excluding hydrogens is 251 g/mol. The summed E-state index contributed by atoms with van der Waals surface area (Å²) in [7, 11) is 0. The van der Waals surface area contributed by atoms with E-state index >= 15 is 0 Å². The third kappa shape index (κ3) is 1.36. The minimum Gasteiger partial charge on any atom is -0.545 e. The van der Waals surface area contributed by atoms with Crippen LogP contribution in [0.1, 0.15) is 39.4 Å². The van der Waals surface area contributed by atoms with Gasteiger partial charge in [0.05, 0.1) is 6.17 Å². The van der Waals surface area contributed by atoms with Crippen LogP contribution in [0.2, 0.25) is 0 Å². The van der Waals surface area contributed by atoms with E-state index in [1.165, 1.54) is 11.0 Å². The molecule has 20 heavy (non-hydrogen) atoms. The van der Waals surface area contributed by atoms with E-state index in [4.69, 9.17) is 9.31 Å². The molecular formula is C15H22BN2O2-. The first-order valence-corrected chi connectivity index (χ1v) is 7.51. The SMILES string of the molecule is CC1(C)O[B-]2(OC1(C)C)c1ccccc1[C@@H]1NCCN12. The van der Waals surface area contributed by atoms with Gasteiger partial charge in [-0.3, -0.25) is 5.32 Å². The third-order valence-electron chi connectivity index (χ3n) is 5.52. The maximum Gasteiger partial charge on any atom is 0.350 e. The molecule has 1 N–H and O–H groups in total. The molecule has 3 aliphatic heterocycles. The van der Waals surface area contributed by atoms with Gasteiger partial charge in [-0.2, -0.15) is 0 Å². The van der Waals surface area contributed by atoms with Gasteiger partial charge in [-0.1, -0.05) is 24.3 Å². The Morgan fingerprint density at radius 2 is 1.80 bits per heavy atom. The zero-order chi connectivity index (χ0) is 14.2. The van der Waals surface area contributed by atoms with Crippen molar-refractivity contribution < 1.29 is 9.31 Å². The van der Waals surface area contributed by atoms with Crippen molar-refractivity contribution >= 4 is 12.1 Å². The zero-order valence-corrected chi connectivity index (χ0v) is 12.6. The van der Waals surface area contributed by atoms with Crippen LogP contribution in [0.15, 0.2) is 24.3 Å². The van der Waals surface area contributed by atoms with Crippen molar-refractivity contribution in [1.82, 2.24) is 10.1 Å². The van der Waals surface area contributed by atoms with Crippen molar-refractivity contribution in [3.05, 3.63) is 29.8 Å². The number of hydrogen-bond acceptors (Lipinski definition) is 4. The van der Waals surface area contributed by atoms with Gasteiger partial charge in [-0.15, -0.1) is 5.46 Å². The van der Waals surface area contributed by atoms with Crippen LogP contribution in [-0.4, -0.2) is 35.8 Å². The van der Waals surface area contributed by atoms with Crippen LogP contribution < -0.4 is 10.8 Å². The first-order chi connectivity index (χ1) is 9.37. The van der Waals surface area contributed by atoms with E-state index in [2.05, 4.69) is 62.1 Å². The Balaban J connectivity index is 1.90. The fourth-order valence-electron chi connectivity index (χ4n) is 3.87. The molecule has 0 aromatic heterocycles. The Morgan fingerprint density at radius 1 is 1.15 bits per heavy atom. The molecule has 5 heteroatoms. The molecule has 0 unspecified atom stereocenters. The van der Waals surface area contributed by atoms with Gasteiger partial charge in [-0.05, 0) is 39.8 Å². The van der Waals surface area contributed by atoms with Crippen molar-refractivity contribution in [1.29, 1.82) is 0 Å². The highest BCUT2D eigenvalue weighted by Gasteiger charge is 2.60. The quantitative estimate of drug-likeness (QED) is 0.724. The second-order valence-electron chi connectivity index (χ2n) is 7.15. The fourth-order valence-corrected chi connectivity index (χ4v) is 3.87. The highest BCUT2D eigenvalue weighted by Crippen LogP contribution is 2.48. The molecule has 0 amide bonds. The van der Waals surface area contributed by atoms with Crippen molar-refractivity contribution in [2.45, 2.75) is 45.1 Å². The van der Waals surface area contributed by atoms with Crippen LogP contribution in [0.25, 0.3) is 0 Å². The van der Waals surface area contributed by atoms with Crippen molar-refractivity contribution in [2.75, 3.05) is 13.1 Å². The molecule has 1 spiro atoms. The van der Waals surface area contributed by atoms with E-state index in [1.807, 2.05) is 0 Å². The first kappa shape index (κ1) is 12.8. The van der Waals surface area contributed by atoms with E-state index < -0.39 is 6.69 Å². The van der Waals surface area contributed by atoms with Gasteiger partial charge in [0.25, 0.3) is 0 Å². The van der Waals surface area contributed by atoms with E-state index in [-0.39, 0.29) is 17.4 Å². The van der Waals surface area contributed by atoms with E-state index in [9.17, 15) is 0 Å². The maximum absolute atomic E-state index is 6.58. The van der Waals surface area contributed by atoms with Gasteiger partial charge in [0, 0.05) is 17.7 Å². The summed E-state index contributed by atoms with van der Waals surface area (Å²) < 4.78 is 13.2. The van der Waals surface area contributed by atoms with Crippen LogP contribution in [0.5, 0.6) is 0 Å². The largest absolute Gasteiger partial charge is 0.545 e. The highest BCUT2D eigenvalue weighted by molar-refractivity contribution is 6.80. The molecule has 0 bridgehead atoms. The average molecular weight is 273 g/mol. The predicted octanol–water partition coefficient (Wildman–Crippen LogP) is 1.35. The van der Waals surface area contributed by atoms with Gasteiger partial charge < -0.3 is 14.1 Å². The first-order valence-electron chi connectivity index (χ1n) is 7.51. The Morgan fingerprint density at radius 3 is 2.50 bits per heavy atom. The van der Waals surface area contributed by atoms with E-state index in [0.29, 0.717) is 0 Å². The predicted molar refractivity (Wildman–Crippen MR) is 79.6 cm³/mol. The summed E-state index contributed by atoms with van der Waals surface area (Å²) in [5.74, 6) is 0. The standard InChI is InChI=1S/C15H22BN2O2/c1-14(2)15(3,4)20-16(19-14)12-8-6-5-7-11(12)13-17-9-10-18(13)16/h5-8,13,17H,9-10H2,1-4H3/q-1/t13-/m1/s1. The lowest BCUT2D eigenvalue weighted by atomic mass is 9.63. The number of nitrogens with one attached hydrogen (secondary N) is 1. The minimum atomic E-state index is -1.54. The van der Waals surface area contributed by atoms with Crippen LogP contribution in [0, 0.1) is 0 Å². The lowest BCUT2D eigenvalue weighted by Gasteiger charge is -2.42. The zero-order valence-electron chi connectivity index (χ0n) is 12.6. The molecule has 3 aliphatic rings. The molecule has 2 fully saturated rings. The summed E-state index contributed by atoms with van der Waals surface area (Å²) in [6, 6.07) is 8.52. The summed E-state index contributed by atoms with van der Waals surface area (Å²) >= 11 is 0. The molecule has 4 nitrogen and oxygen atoms in total. The number of hydrogen-bond donors (Lipinski definition) is 1. The Hall–Kier alpha value is -0.875. The van der Waals surface area contributed by atoms with Gasteiger partial charge in [-0.25, -0.2) is 0 Å². The van der Waals surface area contributed by atoms with Crippen LogP contribution in [-0.2, 0) is 9.31 Å². The molecule has 1 aromatic rings. The number of nitrogens with zero attached hydrogens (tertiary/aromatic N) is 1. The van der Waals surface area contributed by atoms with E-state index in [0.717, 1.165) is 13.1 Å². The molecule has 0 aliphatic carbocycles. The van der Waals surface area contributed by atoms with Gasteiger partial charge in [0.2, 0.25) is 0 Å². The molecule has 3 heterocycles. The normalized spacial score (nSPS) is 32.5. The minimum absolute atomic E-state index is 0.232. The number of benzene rings is 1. The maximum atomic E-state index is 6.58.